The van der Waals surface area contributed by atoms with E-state index in [1.165, 1.54) is 12.1 Å². The van der Waals surface area contributed by atoms with E-state index in [9.17, 15) is 13.2 Å². The number of nitrogens with two attached hydrogens (primary N) is 1. The highest BCUT2D eigenvalue weighted by molar-refractivity contribution is 5.91. The Labute approximate surface area is 168 Å². The van der Waals surface area contributed by atoms with Gasteiger partial charge in [-0.3, -0.25) is 4.99 Å². The van der Waals surface area contributed by atoms with Crippen LogP contribution in [0.4, 0.5) is 19.0 Å². The van der Waals surface area contributed by atoms with E-state index in [2.05, 4.69) is 15.3 Å². The summed E-state index contributed by atoms with van der Waals surface area (Å²) in [5.41, 5.74) is 5.42. The fraction of sp³-hybridized carbons (Fsp3) is 0.400. The lowest BCUT2D eigenvalue weighted by Gasteiger charge is -2.26. The van der Waals surface area contributed by atoms with Gasteiger partial charge < -0.3 is 20.5 Å². The summed E-state index contributed by atoms with van der Waals surface area (Å²) in [6.45, 7) is 5.90. The van der Waals surface area contributed by atoms with Gasteiger partial charge in [-0.25, -0.2) is 4.98 Å². The lowest BCUT2D eigenvalue weighted by atomic mass is 10.1. The van der Waals surface area contributed by atoms with Crippen molar-refractivity contribution in [1.82, 2.24) is 4.98 Å². The average Bonchev–Trinajstić information content (AvgIpc) is 2.62. The number of hydrogen-bond acceptors (Lipinski definition) is 4. The minimum atomic E-state index is -4.37. The molecule has 158 valence electrons. The van der Waals surface area contributed by atoms with Crippen LogP contribution in [0.1, 0.15) is 31.4 Å². The van der Waals surface area contributed by atoms with Gasteiger partial charge in [0.2, 0.25) is 0 Å². The smallest absolute Gasteiger partial charge is 0.416 e. The maximum Gasteiger partial charge on any atom is 0.416 e. The predicted molar refractivity (Wildman–Crippen MR) is 106 cm³/mol. The van der Waals surface area contributed by atoms with E-state index in [0.717, 1.165) is 17.7 Å². The molecule has 2 rings (SSSR count). The topological polar surface area (TPSA) is 81.8 Å². The summed E-state index contributed by atoms with van der Waals surface area (Å²) in [6, 6.07) is 6.32. The van der Waals surface area contributed by atoms with Crippen molar-refractivity contribution in [3.63, 3.8) is 0 Å². The molecule has 0 unspecified atom stereocenters. The number of pyridine rings is 1. The number of nitrogens with zero attached hydrogens (tertiary/aromatic N) is 2. The number of rotatable bonds is 7. The third-order valence-electron chi connectivity index (χ3n) is 4.10. The molecule has 6 nitrogen and oxygen atoms in total. The summed E-state index contributed by atoms with van der Waals surface area (Å²) >= 11 is 0. The van der Waals surface area contributed by atoms with Crippen molar-refractivity contribution in [1.29, 1.82) is 0 Å². The van der Waals surface area contributed by atoms with Gasteiger partial charge in [-0.15, -0.1) is 0 Å². The Bertz CT molecular complexity index is 850. The Hall–Kier alpha value is -2.97. The van der Waals surface area contributed by atoms with Crippen LogP contribution in [0.3, 0.4) is 0 Å². The Balaban J connectivity index is 1.90. The highest BCUT2D eigenvalue weighted by Gasteiger charge is 2.30. The molecule has 0 aliphatic heterocycles. The van der Waals surface area contributed by atoms with Crippen molar-refractivity contribution in [2.45, 2.75) is 39.0 Å². The standard InChI is InChI=1S/C20H25F3N4O2/c1-13-12-26-17(11-16(13)28-4)27-18(24)25-10-9-19(2,3)29-15-7-5-14(6-8-15)20(21,22)23/h5-8,11-12H,9-10H2,1-4H3,(H3,24,25,26,27). The molecular formula is C20H25F3N4O2. The molecule has 2 aromatic rings. The highest BCUT2D eigenvalue weighted by Crippen LogP contribution is 2.31. The summed E-state index contributed by atoms with van der Waals surface area (Å²) < 4.78 is 48.9. The first kappa shape index (κ1) is 22.3. The fourth-order valence-electron chi connectivity index (χ4n) is 2.49. The number of aromatic nitrogens is 1. The first-order valence-electron chi connectivity index (χ1n) is 8.94. The minimum absolute atomic E-state index is 0.189. The quantitative estimate of drug-likeness (QED) is 0.523. The third kappa shape index (κ3) is 6.85. The molecule has 0 saturated carbocycles. The van der Waals surface area contributed by atoms with Gasteiger partial charge in [0, 0.05) is 30.8 Å². The van der Waals surface area contributed by atoms with Crippen molar-refractivity contribution < 1.29 is 22.6 Å². The number of nitrogens with one attached hydrogen (secondary N) is 1. The van der Waals surface area contributed by atoms with Crippen molar-refractivity contribution in [3.8, 4) is 11.5 Å². The molecule has 3 N–H and O–H groups in total. The highest BCUT2D eigenvalue weighted by atomic mass is 19.4. The number of aliphatic imine (C=N–C) groups is 1. The van der Waals surface area contributed by atoms with Crippen LogP contribution >= 0.6 is 0 Å². The van der Waals surface area contributed by atoms with Crippen LogP contribution in [0, 0.1) is 6.92 Å². The normalized spacial score (nSPS) is 12.6. The molecule has 29 heavy (non-hydrogen) atoms. The number of ether oxygens (including phenoxy) is 2. The molecule has 0 amide bonds. The molecule has 0 bridgehead atoms. The van der Waals surface area contributed by atoms with E-state index in [1.807, 2.05) is 20.8 Å². The molecule has 1 heterocycles. The Morgan fingerprint density at radius 2 is 1.86 bits per heavy atom. The van der Waals surface area contributed by atoms with Crippen LogP contribution in [0.2, 0.25) is 0 Å². The van der Waals surface area contributed by atoms with E-state index in [0.29, 0.717) is 30.3 Å². The van der Waals surface area contributed by atoms with Crippen molar-refractivity contribution in [3.05, 3.63) is 47.7 Å². The molecule has 0 fully saturated rings. The molecule has 0 atom stereocenters. The first-order valence-corrected chi connectivity index (χ1v) is 8.94. The van der Waals surface area contributed by atoms with E-state index in [4.69, 9.17) is 15.2 Å². The van der Waals surface area contributed by atoms with Crippen molar-refractivity contribution in [2.24, 2.45) is 10.7 Å². The van der Waals surface area contributed by atoms with E-state index in [1.54, 1.807) is 19.4 Å². The second-order valence-corrected chi connectivity index (χ2v) is 7.07. The van der Waals surface area contributed by atoms with Crippen LogP contribution in [0.5, 0.6) is 11.5 Å². The third-order valence-corrected chi connectivity index (χ3v) is 4.10. The van der Waals surface area contributed by atoms with E-state index < -0.39 is 17.3 Å². The summed E-state index contributed by atoms with van der Waals surface area (Å²) in [5.74, 6) is 1.73. The maximum atomic E-state index is 12.6. The molecule has 9 heteroatoms. The Kier molecular flexibility index (Phi) is 6.94. The first-order chi connectivity index (χ1) is 13.5. The monoisotopic (exact) mass is 410 g/mol. The lowest BCUT2D eigenvalue weighted by Crippen LogP contribution is -2.30. The average molecular weight is 410 g/mol. The number of methoxy groups -OCH3 is 1. The number of halogens is 3. The number of anilines is 1. The van der Waals surface area contributed by atoms with Crippen LogP contribution in [0.25, 0.3) is 0 Å². The largest absolute Gasteiger partial charge is 0.496 e. The van der Waals surface area contributed by atoms with Gasteiger partial charge in [-0.1, -0.05) is 0 Å². The Morgan fingerprint density at radius 1 is 1.21 bits per heavy atom. The minimum Gasteiger partial charge on any atom is -0.496 e. The number of alkyl halides is 3. The second kappa shape index (κ2) is 9.02. The molecule has 0 saturated heterocycles. The van der Waals surface area contributed by atoms with Gasteiger partial charge in [0.1, 0.15) is 22.9 Å². The van der Waals surface area contributed by atoms with Gasteiger partial charge in [-0.2, -0.15) is 13.2 Å². The van der Waals surface area contributed by atoms with Gasteiger partial charge in [-0.05, 0) is 45.0 Å². The molecule has 0 aliphatic rings. The zero-order valence-corrected chi connectivity index (χ0v) is 16.8. The van der Waals surface area contributed by atoms with E-state index >= 15 is 0 Å². The predicted octanol–water partition coefficient (Wildman–Crippen LogP) is 4.39. The zero-order valence-electron chi connectivity index (χ0n) is 16.8. The molecule has 1 aromatic heterocycles. The maximum absolute atomic E-state index is 12.6. The SMILES string of the molecule is COc1cc(NC(N)=NCCC(C)(C)Oc2ccc(C(F)(F)F)cc2)ncc1C. The van der Waals surface area contributed by atoms with Crippen LogP contribution in [-0.2, 0) is 6.18 Å². The van der Waals surface area contributed by atoms with Crippen molar-refractivity contribution >= 4 is 11.8 Å². The summed E-state index contributed by atoms with van der Waals surface area (Å²) in [7, 11) is 1.57. The van der Waals surface area contributed by atoms with Gasteiger partial charge in [0.05, 0.1) is 12.7 Å². The summed E-state index contributed by atoms with van der Waals surface area (Å²) in [6.07, 6.45) is -2.21. The van der Waals surface area contributed by atoms with E-state index in [-0.39, 0.29) is 5.96 Å². The zero-order chi connectivity index (χ0) is 21.7. The molecule has 0 aliphatic carbocycles. The number of aryl methyl sites for hydroxylation is 1. The van der Waals surface area contributed by atoms with Crippen LogP contribution < -0.4 is 20.5 Å². The molecule has 0 spiro atoms. The van der Waals surface area contributed by atoms with Gasteiger partial charge >= 0.3 is 6.18 Å². The lowest BCUT2D eigenvalue weighted by molar-refractivity contribution is -0.137. The van der Waals surface area contributed by atoms with Crippen LogP contribution in [0.15, 0.2) is 41.5 Å². The number of guanidine groups is 1. The van der Waals surface area contributed by atoms with Gasteiger partial charge in [0.15, 0.2) is 5.96 Å². The van der Waals surface area contributed by atoms with Crippen molar-refractivity contribution in [2.75, 3.05) is 19.0 Å². The summed E-state index contributed by atoms with van der Waals surface area (Å²) in [5, 5.41) is 2.89. The second-order valence-electron chi connectivity index (χ2n) is 7.07. The van der Waals surface area contributed by atoms with Gasteiger partial charge in [0.25, 0.3) is 0 Å². The van der Waals surface area contributed by atoms with Crippen LogP contribution in [-0.4, -0.2) is 30.2 Å². The molecule has 1 aromatic carbocycles. The summed E-state index contributed by atoms with van der Waals surface area (Å²) in [4.78, 5) is 8.45. The molecule has 0 radical (unpaired) electrons. The fourth-order valence-corrected chi connectivity index (χ4v) is 2.49. The number of hydrogen-bond donors (Lipinski definition) is 2. The molecular weight excluding hydrogens is 385 g/mol. The Morgan fingerprint density at radius 3 is 2.45 bits per heavy atom. The number of benzene rings is 1.